The number of benzene rings is 1. The highest BCUT2D eigenvalue weighted by Gasteiger charge is 2.20. The Balaban J connectivity index is 1.59. The number of hydrogen-bond acceptors (Lipinski definition) is 8. The van der Waals surface area contributed by atoms with Crippen molar-refractivity contribution in [2.75, 3.05) is 30.8 Å². The van der Waals surface area contributed by atoms with Gasteiger partial charge in [-0.2, -0.15) is 4.98 Å². The third-order valence-electron chi connectivity index (χ3n) is 5.30. The number of aromatic nitrogens is 3. The van der Waals surface area contributed by atoms with E-state index in [0.29, 0.717) is 30.8 Å². The van der Waals surface area contributed by atoms with Crippen LogP contribution in [-0.2, 0) is 17.7 Å². The van der Waals surface area contributed by atoms with E-state index in [2.05, 4.69) is 20.6 Å². The maximum atomic E-state index is 12.6. The lowest BCUT2D eigenvalue weighted by atomic mass is 10.1. The van der Waals surface area contributed by atoms with Gasteiger partial charge in [-0.3, -0.25) is 9.59 Å². The van der Waals surface area contributed by atoms with Crippen molar-refractivity contribution in [3.8, 4) is 0 Å². The number of nitrogens with zero attached hydrogens (tertiary/aromatic N) is 3. The molecule has 1 aliphatic heterocycles. The molecule has 0 spiro atoms. The Hall–Kier alpha value is -3.50. The number of rotatable bonds is 6. The van der Waals surface area contributed by atoms with Crippen LogP contribution >= 0.6 is 0 Å². The lowest BCUT2D eigenvalue weighted by Crippen LogP contribution is -2.42. The van der Waals surface area contributed by atoms with Gasteiger partial charge in [0.15, 0.2) is 5.65 Å². The minimum absolute atomic E-state index is 0.00167. The number of nitrogens with two attached hydrogens (primary N) is 2. The Morgan fingerprint density at radius 1 is 1.35 bits per heavy atom. The van der Waals surface area contributed by atoms with Gasteiger partial charge >= 0.3 is 0 Å². The molecular weight excluding hydrogens is 398 g/mol. The molecule has 0 unspecified atom stereocenters. The SMILES string of the molecule is CCn1c(N)c(C(N)=O)c(=O)c2cnc(Nc3ccc(C[C@@H]4COCCN4)cc3)nc21. The van der Waals surface area contributed by atoms with Crippen LogP contribution in [-0.4, -0.2) is 46.2 Å². The van der Waals surface area contributed by atoms with E-state index < -0.39 is 11.3 Å². The topological polar surface area (TPSA) is 150 Å². The van der Waals surface area contributed by atoms with Crippen molar-refractivity contribution in [3.05, 3.63) is 51.8 Å². The summed E-state index contributed by atoms with van der Waals surface area (Å²) in [6, 6.07) is 8.30. The lowest BCUT2D eigenvalue weighted by molar-refractivity contribution is 0.0770. The molecule has 2 aromatic heterocycles. The highest BCUT2D eigenvalue weighted by molar-refractivity contribution is 6.00. The van der Waals surface area contributed by atoms with Gasteiger partial charge in [0, 0.05) is 31.0 Å². The van der Waals surface area contributed by atoms with Crippen LogP contribution in [0.15, 0.2) is 35.3 Å². The third-order valence-corrected chi connectivity index (χ3v) is 5.30. The highest BCUT2D eigenvalue weighted by Crippen LogP contribution is 2.20. The molecule has 1 fully saturated rings. The van der Waals surface area contributed by atoms with Gasteiger partial charge in [0.25, 0.3) is 5.91 Å². The predicted molar refractivity (Wildman–Crippen MR) is 118 cm³/mol. The van der Waals surface area contributed by atoms with Crippen LogP contribution in [0.4, 0.5) is 17.5 Å². The Labute approximate surface area is 178 Å². The molecule has 4 rings (SSSR count). The number of morpholine rings is 1. The molecule has 0 aliphatic carbocycles. The van der Waals surface area contributed by atoms with Gasteiger partial charge in [-0.15, -0.1) is 0 Å². The molecule has 3 heterocycles. The molecule has 1 aliphatic rings. The first-order chi connectivity index (χ1) is 15.0. The smallest absolute Gasteiger partial charge is 0.256 e. The number of carbonyl (C=O) groups is 1. The predicted octanol–water partition coefficient (Wildman–Crippen LogP) is 0.767. The summed E-state index contributed by atoms with van der Waals surface area (Å²) in [5.41, 5.74) is 12.9. The molecule has 0 bridgehead atoms. The average molecular weight is 423 g/mol. The largest absolute Gasteiger partial charge is 0.384 e. The normalized spacial score (nSPS) is 16.4. The first kappa shape index (κ1) is 20.8. The van der Waals surface area contributed by atoms with Crippen LogP contribution in [0, 0.1) is 0 Å². The quantitative estimate of drug-likeness (QED) is 0.454. The Morgan fingerprint density at radius 2 is 2.13 bits per heavy atom. The van der Waals surface area contributed by atoms with Crippen LogP contribution in [0.25, 0.3) is 11.0 Å². The highest BCUT2D eigenvalue weighted by atomic mass is 16.5. The zero-order chi connectivity index (χ0) is 22.0. The number of nitrogens with one attached hydrogen (secondary N) is 2. The number of carbonyl (C=O) groups excluding carboxylic acids is 1. The van der Waals surface area contributed by atoms with Gasteiger partial charge in [0.1, 0.15) is 11.4 Å². The molecule has 1 atom stereocenters. The number of aryl methyl sites for hydroxylation is 1. The van der Waals surface area contributed by atoms with Crippen LogP contribution in [0.1, 0.15) is 22.8 Å². The molecule has 10 heteroatoms. The van der Waals surface area contributed by atoms with Gasteiger partial charge in [0.2, 0.25) is 11.4 Å². The molecule has 1 saturated heterocycles. The van der Waals surface area contributed by atoms with E-state index in [0.717, 1.165) is 25.3 Å². The fourth-order valence-electron chi connectivity index (χ4n) is 3.75. The number of pyridine rings is 1. The summed E-state index contributed by atoms with van der Waals surface area (Å²) in [7, 11) is 0. The average Bonchev–Trinajstić information content (AvgIpc) is 2.76. The minimum Gasteiger partial charge on any atom is -0.384 e. The molecule has 3 aromatic rings. The van der Waals surface area contributed by atoms with Gasteiger partial charge < -0.3 is 31.4 Å². The summed E-state index contributed by atoms with van der Waals surface area (Å²) >= 11 is 0. The number of nitrogen functional groups attached to an aromatic ring is 1. The number of anilines is 3. The van der Waals surface area contributed by atoms with E-state index in [1.54, 1.807) is 4.57 Å². The number of primary amides is 1. The van der Waals surface area contributed by atoms with Crippen molar-refractivity contribution in [3.63, 3.8) is 0 Å². The van der Waals surface area contributed by atoms with E-state index in [-0.39, 0.29) is 16.8 Å². The first-order valence-corrected chi connectivity index (χ1v) is 10.1. The third kappa shape index (κ3) is 4.21. The summed E-state index contributed by atoms with van der Waals surface area (Å²) < 4.78 is 7.07. The van der Waals surface area contributed by atoms with Gasteiger partial charge in [-0.1, -0.05) is 12.1 Å². The maximum Gasteiger partial charge on any atom is 0.256 e. The second-order valence-corrected chi connectivity index (χ2v) is 7.38. The van der Waals surface area contributed by atoms with E-state index in [1.807, 2.05) is 31.2 Å². The molecule has 1 amide bonds. The Bertz CT molecular complexity index is 1170. The van der Waals surface area contributed by atoms with Crippen LogP contribution < -0.4 is 27.5 Å². The van der Waals surface area contributed by atoms with Crippen molar-refractivity contribution in [1.82, 2.24) is 19.9 Å². The zero-order valence-corrected chi connectivity index (χ0v) is 17.2. The van der Waals surface area contributed by atoms with Crippen molar-refractivity contribution < 1.29 is 9.53 Å². The van der Waals surface area contributed by atoms with E-state index >= 15 is 0 Å². The molecule has 31 heavy (non-hydrogen) atoms. The second-order valence-electron chi connectivity index (χ2n) is 7.38. The van der Waals surface area contributed by atoms with E-state index in [9.17, 15) is 9.59 Å². The number of hydrogen-bond donors (Lipinski definition) is 4. The standard InChI is InChI=1S/C21H25N7O3/c1-2-28-18(22)16(19(23)30)17(29)15-10-25-21(27-20(15)28)26-13-5-3-12(4-6-13)9-14-11-31-8-7-24-14/h3-6,10,14,24H,2,7-9,11,22H2,1H3,(H2,23,30)(H,25,26,27)/t14-/m1/s1. The van der Waals surface area contributed by atoms with Crippen molar-refractivity contribution >= 4 is 34.4 Å². The second kappa shape index (κ2) is 8.70. The molecule has 0 radical (unpaired) electrons. The summed E-state index contributed by atoms with van der Waals surface area (Å²) in [4.78, 5) is 33.0. The summed E-state index contributed by atoms with van der Waals surface area (Å²) in [5.74, 6) is -0.555. The zero-order valence-electron chi connectivity index (χ0n) is 17.2. The first-order valence-electron chi connectivity index (χ1n) is 10.1. The summed E-state index contributed by atoms with van der Waals surface area (Å²) in [6.45, 7) is 4.59. The molecule has 1 aromatic carbocycles. The van der Waals surface area contributed by atoms with Crippen LogP contribution in [0.3, 0.4) is 0 Å². The summed E-state index contributed by atoms with van der Waals surface area (Å²) in [5, 5.41) is 6.77. The minimum atomic E-state index is -0.871. The Kier molecular flexibility index (Phi) is 5.83. The molecule has 0 saturated carbocycles. The van der Waals surface area contributed by atoms with Crippen LogP contribution in [0.5, 0.6) is 0 Å². The number of fused-ring (bicyclic) bond motifs is 1. The summed E-state index contributed by atoms with van der Waals surface area (Å²) in [6.07, 6.45) is 2.27. The lowest BCUT2D eigenvalue weighted by Gasteiger charge is -2.23. The van der Waals surface area contributed by atoms with E-state index in [1.165, 1.54) is 11.8 Å². The van der Waals surface area contributed by atoms with E-state index in [4.69, 9.17) is 16.2 Å². The fraction of sp³-hybridized carbons (Fsp3) is 0.333. The Morgan fingerprint density at radius 3 is 2.77 bits per heavy atom. The van der Waals surface area contributed by atoms with Gasteiger partial charge in [-0.25, -0.2) is 4.98 Å². The van der Waals surface area contributed by atoms with Gasteiger partial charge in [0.05, 0.1) is 18.6 Å². The van der Waals surface area contributed by atoms with Crippen molar-refractivity contribution in [2.24, 2.45) is 5.73 Å². The number of amides is 1. The molecular formula is C21H25N7O3. The monoisotopic (exact) mass is 423 g/mol. The fourth-order valence-corrected chi connectivity index (χ4v) is 3.75. The van der Waals surface area contributed by atoms with Crippen molar-refractivity contribution in [1.29, 1.82) is 0 Å². The van der Waals surface area contributed by atoms with Crippen molar-refractivity contribution in [2.45, 2.75) is 25.9 Å². The van der Waals surface area contributed by atoms with Gasteiger partial charge in [-0.05, 0) is 31.0 Å². The number of ether oxygens (including phenoxy) is 1. The maximum absolute atomic E-state index is 12.6. The van der Waals surface area contributed by atoms with Crippen LogP contribution in [0.2, 0.25) is 0 Å². The molecule has 10 nitrogen and oxygen atoms in total. The molecule has 6 N–H and O–H groups in total. The molecule has 162 valence electrons.